The first kappa shape index (κ1) is 12.3. The summed E-state index contributed by atoms with van der Waals surface area (Å²) in [5, 5.41) is 6.25. The lowest BCUT2D eigenvalue weighted by molar-refractivity contribution is 0.222. The van der Waals surface area contributed by atoms with Crippen molar-refractivity contribution in [3.05, 3.63) is 23.8 Å². The minimum absolute atomic E-state index is 0.0000468. The number of carbonyl (C=O) groups is 1. The van der Waals surface area contributed by atoms with Crippen LogP contribution in [-0.2, 0) is 6.54 Å². The number of ether oxygens (including phenoxy) is 1. The molecular formula is C14H19N3O2. The van der Waals surface area contributed by atoms with Crippen molar-refractivity contribution in [2.24, 2.45) is 0 Å². The summed E-state index contributed by atoms with van der Waals surface area (Å²) in [4.78, 5) is 13.9. The standard InChI is InChI=1S/C14H19N3O2/c18-14(17-6-1-2-7-17)16-12-3-4-13-11(9-12)10-15-5-8-19-13/h3-4,9,15H,1-2,5-8,10H2,(H,16,18). The van der Waals surface area contributed by atoms with Crippen LogP contribution in [0.3, 0.4) is 0 Å². The molecule has 5 heteroatoms. The molecule has 0 saturated carbocycles. The van der Waals surface area contributed by atoms with E-state index in [9.17, 15) is 4.79 Å². The second kappa shape index (κ2) is 5.48. The number of carbonyl (C=O) groups excluding carboxylic acids is 1. The van der Waals surface area contributed by atoms with Gasteiger partial charge in [-0.05, 0) is 31.0 Å². The molecule has 1 aromatic rings. The third-order valence-electron chi connectivity index (χ3n) is 3.56. The van der Waals surface area contributed by atoms with Crippen LogP contribution in [0.15, 0.2) is 18.2 Å². The maximum Gasteiger partial charge on any atom is 0.321 e. The lowest BCUT2D eigenvalue weighted by Gasteiger charge is -2.17. The van der Waals surface area contributed by atoms with E-state index in [0.29, 0.717) is 6.61 Å². The monoisotopic (exact) mass is 261 g/mol. The number of amides is 2. The molecule has 1 saturated heterocycles. The van der Waals surface area contributed by atoms with Gasteiger partial charge in [0.25, 0.3) is 0 Å². The Morgan fingerprint density at radius 2 is 2.16 bits per heavy atom. The smallest absolute Gasteiger partial charge is 0.321 e. The lowest BCUT2D eigenvalue weighted by atomic mass is 10.1. The van der Waals surface area contributed by atoms with Crippen LogP contribution < -0.4 is 15.4 Å². The van der Waals surface area contributed by atoms with E-state index in [1.54, 1.807) is 0 Å². The summed E-state index contributed by atoms with van der Waals surface area (Å²) in [5.74, 6) is 0.907. The lowest BCUT2D eigenvalue weighted by Crippen LogP contribution is -2.32. The summed E-state index contributed by atoms with van der Waals surface area (Å²) in [6, 6.07) is 5.82. The molecule has 0 spiro atoms. The van der Waals surface area contributed by atoms with Gasteiger partial charge in [0.1, 0.15) is 12.4 Å². The van der Waals surface area contributed by atoms with Crippen molar-refractivity contribution >= 4 is 11.7 Å². The van der Waals surface area contributed by atoms with E-state index in [1.807, 2.05) is 23.1 Å². The van der Waals surface area contributed by atoms with Gasteiger partial charge in [-0.3, -0.25) is 0 Å². The zero-order valence-corrected chi connectivity index (χ0v) is 10.9. The molecule has 0 unspecified atom stereocenters. The number of fused-ring (bicyclic) bond motifs is 1. The Bertz CT molecular complexity index is 470. The van der Waals surface area contributed by atoms with E-state index in [-0.39, 0.29) is 6.03 Å². The summed E-state index contributed by atoms with van der Waals surface area (Å²) in [7, 11) is 0. The second-order valence-corrected chi connectivity index (χ2v) is 4.97. The number of nitrogens with one attached hydrogen (secondary N) is 2. The van der Waals surface area contributed by atoms with E-state index >= 15 is 0 Å². The number of hydrogen-bond acceptors (Lipinski definition) is 3. The maximum atomic E-state index is 12.0. The van der Waals surface area contributed by atoms with Crippen molar-refractivity contribution in [3.8, 4) is 5.75 Å². The predicted molar refractivity (Wildman–Crippen MR) is 73.5 cm³/mol. The molecule has 5 nitrogen and oxygen atoms in total. The molecule has 0 aliphatic carbocycles. The van der Waals surface area contributed by atoms with Gasteiger partial charge < -0.3 is 20.3 Å². The number of nitrogens with zero attached hydrogens (tertiary/aromatic N) is 1. The summed E-state index contributed by atoms with van der Waals surface area (Å²) >= 11 is 0. The molecule has 0 aromatic heterocycles. The molecule has 2 amide bonds. The molecule has 2 aliphatic rings. The highest BCUT2D eigenvalue weighted by atomic mass is 16.5. The van der Waals surface area contributed by atoms with Crippen LogP contribution in [0, 0.1) is 0 Å². The Balaban J connectivity index is 1.71. The van der Waals surface area contributed by atoms with Crippen LogP contribution in [0.5, 0.6) is 5.75 Å². The van der Waals surface area contributed by atoms with E-state index in [4.69, 9.17) is 4.74 Å². The quantitative estimate of drug-likeness (QED) is 0.810. The zero-order chi connectivity index (χ0) is 13.1. The van der Waals surface area contributed by atoms with E-state index in [0.717, 1.165) is 56.0 Å². The molecule has 19 heavy (non-hydrogen) atoms. The maximum absolute atomic E-state index is 12.0. The molecule has 3 rings (SSSR count). The summed E-state index contributed by atoms with van der Waals surface area (Å²) in [6.07, 6.45) is 2.21. The summed E-state index contributed by atoms with van der Waals surface area (Å²) < 4.78 is 5.62. The van der Waals surface area contributed by atoms with Gasteiger partial charge in [0.05, 0.1) is 0 Å². The Morgan fingerprint density at radius 3 is 3.00 bits per heavy atom. The van der Waals surface area contributed by atoms with Crippen molar-refractivity contribution in [1.29, 1.82) is 0 Å². The van der Waals surface area contributed by atoms with Crippen LogP contribution in [-0.4, -0.2) is 37.2 Å². The van der Waals surface area contributed by atoms with E-state index in [1.165, 1.54) is 0 Å². The van der Waals surface area contributed by atoms with Crippen LogP contribution in [0.2, 0.25) is 0 Å². The molecule has 2 heterocycles. The minimum atomic E-state index is -0.0000468. The van der Waals surface area contributed by atoms with Crippen molar-refractivity contribution in [2.45, 2.75) is 19.4 Å². The molecular weight excluding hydrogens is 242 g/mol. The predicted octanol–water partition coefficient (Wildman–Crippen LogP) is 1.80. The molecule has 1 fully saturated rings. The fourth-order valence-electron chi connectivity index (χ4n) is 2.52. The molecule has 102 valence electrons. The second-order valence-electron chi connectivity index (χ2n) is 4.97. The van der Waals surface area contributed by atoms with E-state index in [2.05, 4.69) is 10.6 Å². The van der Waals surface area contributed by atoms with Gasteiger partial charge in [-0.15, -0.1) is 0 Å². The average molecular weight is 261 g/mol. The Hall–Kier alpha value is -1.75. The Labute approximate surface area is 112 Å². The third kappa shape index (κ3) is 2.81. The average Bonchev–Trinajstić information content (AvgIpc) is 2.85. The number of urea groups is 1. The van der Waals surface area contributed by atoms with Crippen LogP contribution in [0.25, 0.3) is 0 Å². The highest BCUT2D eigenvalue weighted by Gasteiger charge is 2.18. The number of hydrogen-bond donors (Lipinski definition) is 2. The summed E-state index contributed by atoms with van der Waals surface area (Å²) in [6.45, 7) is 4.04. The normalized spacial score (nSPS) is 18.4. The topological polar surface area (TPSA) is 53.6 Å². The molecule has 0 atom stereocenters. The van der Waals surface area contributed by atoms with Crippen molar-refractivity contribution < 1.29 is 9.53 Å². The van der Waals surface area contributed by atoms with Crippen LogP contribution >= 0.6 is 0 Å². The van der Waals surface area contributed by atoms with Crippen LogP contribution in [0.1, 0.15) is 18.4 Å². The number of likely N-dealkylation sites (tertiary alicyclic amines) is 1. The first-order valence-electron chi connectivity index (χ1n) is 6.85. The molecule has 1 aromatic carbocycles. The first-order valence-corrected chi connectivity index (χ1v) is 6.85. The van der Waals surface area contributed by atoms with Gasteiger partial charge in [0, 0.05) is 37.4 Å². The fourth-order valence-corrected chi connectivity index (χ4v) is 2.52. The van der Waals surface area contributed by atoms with Gasteiger partial charge in [-0.2, -0.15) is 0 Å². The van der Waals surface area contributed by atoms with E-state index < -0.39 is 0 Å². The summed E-state index contributed by atoms with van der Waals surface area (Å²) in [5.41, 5.74) is 1.93. The SMILES string of the molecule is O=C(Nc1ccc2c(c1)CNCCO2)N1CCCC1. The van der Waals surface area contributed by atoms with Crippen molar-refractivity contribution in [3.63, 3.8) is 0 Å². The van der Waals surface area contributed by atoms with Gasteiger partial charge >= 0.3 is 6.03 Å². The number of anilines is 1. The van der Waals surface area contributed by atoms with Gasteiger partial charge in [0.2, 0.25) is 0 Å². The fraction of sp³-hybridized carbons (Fsp3) is 0.500. The van der Waals surface area contributed by atoms with Crippen molar-refractivity contribution in [2.75, 3.05) is 31.6 Å². The van der Waals surface area contributed by atoms with Gasteiger partial charge in [0.15, 0.2) is 0 Å². The molecule has 0 radical (unpaired) electrons. The number of rotatable bonds is 1. The first-order chi connectivity index (χ1) is 9.33. The van der Waals surface area contributed by atoms with Crippen LogP contribution in [0.4, 0.5) is 10.5 Å². The molecule has 2 aliphatic heterocycles. The largest absolute Gasteiger partial charge is 0.492 e. The minimum Gasteiger partial charge on any atom is -0.492 e. The highest BCUT2D eigenvalue weighted by molar-refractivity contribution is 5.89. The number of benzene rings is 1. The molecule has 0 bridgehead atoms. The zero-order valence-electron chi connectivity index (χ0n) is 10.9. The van der Waals surface area contributed by atoms with Gasteiger partial charge in [-0.1, -0.05) is 0 Å². The molecule has 2 N–H and O–H groups in total. The third-order valence-corrected chi connectivity index (χ3v) is 3.56. The van der Waals surface area contributed by atoms with Gasteiger partial charge in [-0.25, -0.2) is 4.79 Å². The Morgan fingerprint density at radius 1 is 1.32 bits per heavy atom. The highest BCUT2D eigenvalue weighted by Crippen LogP contribution is 2.24. The van der Waals surface area contributed by atoms with Crippen molar-refractivity contribution in [1.82, 2.24) is 10.2 Å². The Kier molecular flexibility index (Phi) is 3.55.